The minimum atomic E-state index is -0.326. The first-order chi connectivity index (χ1) is 6.85. The molecular weight excluding hydrogens is 258 g/mol. The number of hydrogen-bond acceptors (Lipinski definition) is 3. The van der Waals surface area contributed by atoms with Crippen LogP contribution >= 0.6 is 15.9 Å². The van der Waals surface area contributed by atoms with Gasteiger partial charge in [-0.05, 0) is 47.8 Å². The van der Waals surface area contributed by atoms with Crippen LogP contribution in [0, 0.1) is 0 Å². The summed E-state index contributed by atoms with van der Waals surface area (Å²) in [6.45, 7) is 3.87. The van der Waals surface area contributed by atoms with Crippen LogP contribution in [0.1, 0.15) is 19.4 Å². The molecule has 0 fully saturated rings. The van der Waals surface area contributed by atoms with Gasteiger partial charge in [-0.15, -0.1) is 0 Å². The molecule has 0 bridgehead atoms. The van der Waals surface area contributed by atoms with Gasteiger partial charge in [-0.2, -0.15) is 0 Å². The highest BCUT2D eigenvalue weighted by atomic mass is 79.9. The molecule has 0 aliphatic carbocycles. The summed E-state index contributed by atoms with van der Waals surface area (Å²) in [5.41, 5.74) is 6.51. The van der Waals surface area contributed by atoms with Gasteiger partial charge >= 0.3 is 0 Å². The number of halogens is 1. The number of hydrogen-bond donors (Lipinski definition) is 2. The predicted octanol–water partition coefficient (Wildman–Crippen LogP) is 2.44. The van der Waals surface area contributed by atoms with Crippen LogP contribution in [0.2, 0.25) is 0 Å². The Hall–Kier alpha value is -0.740. The SMILES string of the molecule is COc1c(CC(C)(C)N)ccc(Br)c1O. The van der Waals surface area contributed by atoms with Crippen LogP contribution < -0.4 is 10.5 Å². The second kappa shape index (κ2) is 4.41. The molecule has 0 aromatic heterocycles. The molecule has 0 spiro atoms. The second-order valence-corrected chi connectivity index (χ2v) is 5.11. The van der Waals surface area contributed by atoms with Gasteiger partial charge in [-0.3, -0.25) is 0 Å². The number of phenolic OH excluding ortho intramolecular Hbond substituents is 1. The molecule has 1 rings (SSSR count). The molecule has 0 aliphatic heterocycles. The molecule has 15 heavy (non-hydrogen) atoms. The highest BCUT2D eigenvalue weighted by Crippen LogP contribution is 2.37. The summed E-state index contributed by atoms with van der Waals surface area (Å²) in [4.78, 5) is 0. The Labute approximate surface area is 98.4 Å². The fourth-order valence-electron chi connectivity index (χ4n) is 1.45. The van der Waals surface area contributed by atoms with Crippen molar-refractivity contribution >= 4 is 15.9 Å². The first-order valence-electron chi connectivity index (χ1n) is 4.68. The zero-order chi connectivity index (χ0) is 11.6. The van der Waals surface area contributed by atoms with Crippen LogP contribution in [0.15, 0.2) is 16.6 Å². The van der Waals surface area contributed by atoms with Crippen molar-refractivity contribution in [1.29, 1.82) is 0 Å². The molecule has 0 amide bonds. The van der Waals surface area contributed by atoms with E-state index in [1.165, 1.54) is 7.11 Å². The number of methoxy groups -OCH3 is 1. The third-order valence-corrected chi connectivity index (χ3v) is 2.65. The fraction of sp³-hybridized carbons (Fsp3) is 0.455. The van der Waals surface area contributed by atoms with Crippen LogP contribution in [0.3, 0.4) is 0 Å². The summed E-state index contributed by atoms with van der Waals surface area (Å²) in [6, 6.07) is 3.69. The molecule has 0 atom stereocenters. The van der Waals surface area contributed by atoms with E-state index in [1.807, 2.05) is 19.9 Å². The maximum atomic E-state index is 9.76. The van der Waals surface area contributed by atoms with E-state index in [0.717, 1.165) is 5.56 Å². The van der Waals surface area contributed by atoms with Gasteiger partial charge < -0.3 is 15.6 Å². The van der Waals surface area contributed by atoms with Crippen LogP contribution in [0.25, 0.3) is 0 Å². The Bertz CT molecular complexity index is 358. The molecule has 0 saturated heterocycles. The van der Waals surface area contributed by atoms with Crippen LogP contribution in [-0.2, 0) is 6.42 Å². The van der Waals surface area contributed by atoms with E-state index >= 15 is 0 Å². The van der Waals surface area contributed by atoms with E-state index in [1.54, 1.807) is 6.07 Å². The molecule has 0 saturated carbocycles. The Balaban J connectivity index is 3.14. The van der Waals surface area contributed by atoms with Crippen LogP contribution in [0.5, 0.6) is 11.5 Å². The lowest BCUT2D eigenvalue weighted by Gasteiger charge is -2.20. The summed E-state index contributed by atoms with van der Waals surface area (Å²) in [6.07, 6.45) is 0.650. The summed E-state index contributed by atoms with van der Waals surface area (Å²) in [7, 11) is 1.54. The smallest absolute Gasteiger partial charge is 0.172 e. The number of rotatable bonds is 3. The topological polar surface area (TPSA) is 55.5 Å². The van der Waals surface area contributed by atoms with Gasteiger partial charge in [0.1, 0.15) is 0 Å². The Kier molecular flexibility index (Phi) is 3.62. The molecule has 84 valence electrons. The van der Waals surface area contributed by atoms with Crippen molar-refractivity contribution in [2.45, 2.75) is 25.8 Å². The van der Waals surface area contributed by atoms with Gasteiger partial charge in [0.05, 0.1) is 11.6 Å². The van der Waals surface area contributed by atoms with E-state index in [4.69, 9.17) is 10.5 Å². The Morgan fingerprint density at radius 3 is 2.53 bits per heavy atom. The highest BCUT2D eigenvalue weighted by Gasteiger charge is 2.18. The second-order valence-electron chi connectivity index (χ2n) is 4.25. The average Bonchev–Trinajstić information content (AvgIpc) is 2.10. The predicted molar refractivity (Wildman–Crippen MR) is 64.3 cm³/mol. The quantitative estimate of drug-likeness (QED) is 0.890. The number of aromatic hydroxyl groups is 1. The minimum Gasteiger partial charge on any atom is -0.503 e. The number of phenols is 1. The monoisotopic (exact) mass is 273 g/mol. The maximum absolute atomic E-state index is 9.76. The van der Waals surface area contributed by atoms with Crippen molar-refractivity contribution in [3.63, 3.8) is 0 Å². The van der Waals surface area contributed by atoms with Gasteiger partial charge in [0, 0.05) is 5.54 Å². The molecule has 3 N–H and O–H groups in total. The third kappa shape index (κ3) is 3.11. The van der Waals surface area contributed by atoms with Gasteiger partial charge in [-0.25, -0.2) is 0 Å². The fourth-order valence-corrected chi connectivity index (χ4v) is 1.76. The third-order valence-electron chi connectivity index (χ3n) is 2.01. The molecule has 4 heteroatoms. The Morgan fingerprint density at radius 1 is 1.47 bits per heavy atom. The van der Waals surface area contributed by atoms with Crippen molar-refractivity contribution in [1.82, 2.24) is 0 Å². The summed E-state index contributed by atoms with van der Waals surface area (Å²) in [5, 5.41) is 9.76. The molecule has 0 heterocycles. The lowest BCUT2D eigenvalue weighted by molar-refractivity contribution is 0.363. The van der Waals surface area contributed by atoms with E-state index < -0.39 is 0 Å². The lowest BCUT2D eigenvalue weighted by atomic mass is 9.95. The number of benzene rings is 1. The van der Waals surface area contributed by atoms with E-state index in [0.29, 0.717) is 16.6 Å². The largest absolute Gasteiger partial charge is 0.503 e. The van der Waals surface area contributed by atoms with Crippen molar-refractivity contribution in [2.24, 2.45) is 5.73 Å². The van der Waals surface area contributed by atoms with Crippen LogP contribution in [-0.4, -0.2) is 17.8 Å². The van der Waals surface area contributed by atoms with Crippen molar-refractivity contribution in [3.05, 3.63) is 22.2 Å². The molecule has 0 radical (unpaired) electrons. The van der Waals surface area contributed by atoms with Crippen LogP contribution in [0.4, 0.5) is 0 Å². The molecule has 1 aromatic rings. The van der Waals surface area contributed by atoms with Crippen molar-refractivity contribution in [3.8, 4) is 11.5 Å². The summed E-state index contributed by atoms with van der Waals surface area (Å²) >= 11 is 3.24. The first kappa shape index (κ1) is 12.3. The highest BCUT2D eigenvalue weighted by molar-refractivity contribution is 9.10. The zero-order valence-corrected chi connectivity index (χ0v) is 10.8. The maximum Gasteiger partial charge on any atom is 0.172 e. The average molecular weight is 274 g/mol. The van der Waals surface area contributed by atoms with E-state index in [-0.39, 0.29) is 11.3 Å². The number of ether oxygens (including phenoxy) is 1. The minimum absolute atomic E-state index is 0.124. The molecule has 0 aliphatic rings. The summed E-state index contributed by atoms with van der Waals surface area (Å²) < 4.78 is 5.79. The van der Waals surface area contributed by atoms with Crippen molar-refractivity contribution in [2.75, 3.05) is 7.11 Å². The molecule has 3 nitrogen and oxygen atoms in total. The Morgan fingerprint density at radius 2 is 2.07 bits per heavy atom. The number of nitrogens with two attached hydrogens (primary N) is 1. The van der Waals surface area contributed by atoms with Gasteiger partial charge in [0.15, 0.2) is 11.5 Å². The molecular formula is C11H16BrNO2. The zero-order valence-electron chi connectivity index (χ0n) is 9.17. The molecule has 0 unspecified atom stereocenters. The van der Waals surface area contributed by atoms with Crippen molar-refractivity contribution < 1.29 is 9.84 Å². The van der Waals surface area contributed by atoms with E-state index in [2.05, 4.69) is 15.9 Å². The molecule has 1 aromatic carbocycles. The van der Waals surface area contributed by atoms with Gasteiger partial charge in [-0.1, -0.05) is 6.07 Å². The first-order valence-corrected chi connectivity index (χ1v) is 5.47. The van der Waals surface area contributed by atoms with Gasteiger partial charge in [0.25, 0.3) is 0 Å². The summed E-state index contributed by atoms with van der Waals surface area (Å²) in [5.74, 6) is 0.613. The van der Waals surface area contributed by atoms with Gasteiger partial charge in [0.2, 0.25) is 0 Å². The van der Waals surface area contributed by atoms with E-state index in [9.17, 15) is 5.11 Å². The lowest BCUT2D eigenvalue weighted by Crippen LogP contribution is -2.34. The normalized spacial score (nSPS) is 11.5. The standard InChI is InChI=1S/C11H16BrNO2/c1-11(2,13)6-7-4-5-8(12)9(14)10(7)15-3/h4-5,14H,6,13H2,1-3H3.